The van der Waals surface area contributed by atoms with Crippen LogP contribution in [0.1, 0.15) is 33.6 Å². The van der Waals surface area contributed by atoms with Crippen LogP contribution in [-0.4, -0.2) is 39.9 Å². The lowest BCUT2D eigenvalue weighted by Gasteiger charge is -2.23. The summed E-state index contributed by atoms with van der Waals surface area (Å²) in [5, 5.41) is 8.84. The van der Waals surface area contributed by atoms with Crippen LogP contribution in [0.15, 0.2) is 0 Å². The maximum Gasteiger partial charge on any atom is 0.323 e. The Bertz CT molecular complexity index is 374. The van der Waals surface area contributed by atoms with Crippen LogP contribution in [0.25, 0.3) is 0 Å². The van der Waals surface area contributed by atoms with Gasteiger partial charge in [-0.1, -0.05) is 13.8 Å². The topological polar surface area (TPSA) is 101 Å². The number of carboxylic acid groups (broad SMARTS) is 1. The van der Waals surface area contributed by atoms with Gasteiger partial charge in [0.05, 0.1) is 5.41 Å². The molecule has 0 aromatic heterocycles. The summed E-state index contributed by atoms with van der Waals surface area (Å²) in [7, 11) is 0. The number of amides is 2. The zero-order valence-electron chi connectivity index (χ0n) is 10.3. The van der Waals surface area contributed by atoms with Crippen LogP contribution in [-0.2, 0) is 14.4 Å². The van der Waals surface area contributed by atoms with Crippen molar-refractivity contribution in [3.63, 3.8) is 0 Å². The van der Waals surface area contributed by atoms with Gasteiger partial charge < -0.3 is 10.8 Å². The Kier molecular flexibility index (Phi) is 3.29. The van der Waals surface area contributed by atoms with Gasteiger partial charge in [-0.15, -0.1) is 0 Å². The molecule has 96 valence electrons. The van der Waals surface area contributed by atoms with E-state index in [9.17, 15) is 14.4 Å². The van der Waals surface area contributed by atoms with E-state index in [1.807, 2.05) is 0 Å². The molecule has 3 N–H and O–H groups in total. The van der Waals surface area contributed by atoms with Gasteiger partial charge in [0.25, 0.3) is 0 Å². The molecular formula is C11H18N2O4. The summed E-state index contributed by atoms with van der Waals surface area (Å²) in [5.74, 6) is -1.67. The van der Waals surface area contributed by atoms with Gasteiger partial charge in [0.1, 0.15) is 5.54 Å². The normalized spacial score (nSPS) is 22.7. The van der Waals surface area contributed by atoms with Gasteiger partial charge in [-0.25, -0.2) is 0 Å². The van der Waals surface area contributed by atoms with Crippen LogP contribution in [0.3, 0.4) is 0 Å². The van der Waals surface area contributed by atoms with E-state index in [4.69, 9.17) is 10.8 Å². The van der Waals surface area contributed by atoms with E-state index in [1.165, 1.54) is 6.92 Å². The molecule has 6 heteroatoms. The van der Waals surface area contributed by atoms with Crippen LogP contribution in [0.4, 0.5) is 0 Å². The fourth-order valence-corrected chi connectivity index (χ4v) is 1.70. The second kappa shape index (κ2) is 4.10. The molecule has 1 unspecified atom stereocenters. The number of rotatable bonds is 4. The lowest BCUT2D eigenvalue weighted by molar-refractivity contribution is -0.146. The molecule has 0 bridgehead atoms. The highest BCUT2D eigenvalue weighted by Crippen LogP contribution is 2.31. The third-order valence-corrected chi connectivity index (χ3v) is 3.06. The van der Waals surface area contributed by atoms with Crippen LogP contribution < -0.4 is 5.73 Å². The van der Waals surface area contributed by atoms with E-state index >= 15 is 0 Å². The third-order valence-electron chi connectivity index (χ3n) is 3.06. The molecule has 0 radical (unpaired) electrons. The second-order valence-electron chi connectivity index (χ2n) is 5.38. The minimum absolute atomic E-state index is 0.0515. The molecule has 0 aromatic carbocycles. The molecule has 0 spiro atoms. The number of carboxylic acids is 1. The van der Waals surface area contributed by atoms with Crippen LogP contribution in [0.2, 0.25) is 0 Å². The van der Waals surface area contributed by atoms with Gasteiger partial charge in [-0.2, -0.15) is 0 Å². The Morgan fingerprint density at radius 1 is 1.53 bits per heavy atom. The van der Waals surface area contributed by atoms with Crippen molar-refractivity contribution in [2.24, 2.45) is 11.1 Å². The smallest absolute Gasteiger partial charge is 0.323 e. The Morgan fingerprint density at radius 2 is 2.06 bits per heavy atom. The van der Waals surface area contributed by atoms with Crippen LogP contribution in [0, 0.1) is 5.41 Å². The first-order chi connectivity index (χ1) is 7.58. The Balaban J connectivity index is 2.69. The number of hydrogen-bond donors (Lipinski definition) is 2. The summed E-state index contributed by atoms with van der Waals surface area (Å²) in [5.41, 5.74) is 3.43. The lowest BCUT2D eigenvalue weighted by atomic mass is 9.92. The number of nitrogens with two attached hydrogens (primary N) is 1. The van der Waals surface area contributed by atoms with Gasteiger partial charge in [-0.3, -0.25) is 19.3 Å². The highest BCUT2D eigenvalue weighted by atomic mass is 16.4. The number of aliphatic carboxylic acids is 1. The summed E-state index contributed by atoms with van der Waals surface area (Å²) in [4.78, 5) is 35.4. The van der Waals surface area contributed by atoms with Crippen molar-refractivity contribution in [2.45, 2.75) is 39.2 Å². The largest absolute Gasteiger partial charge is 0.480 e. The summed E-state index contributed by atoms with van der Waals surface area (Å²) in [6.07, 6.45) is 0.218. The molecule has 1 rings (SSSR count). The first-order valence-electron chi connectivity index (χ1n) is 5.45. The van der Waals surface area contributed by atoms with Gasteiger partial charge in [0, 0.05) is 13.0 Å². The number of likely N-dealkylation sites (tertiary alicyclic amines) is 1. The second-order valence-corrected chi connectivity index (χ2v) is 5.38. The number of carbonyl (C=O) groups excluding carboxylic acids is 2. The minimum atomic E-state index is -1.42. The Labute approximate surface area is 99.8 Å². The molecule has 1 aliphatic heterocycles. The molecule has 1 saturated heterocycles. The molecule has 0 aromatic rings. The molecule has 1 aliphatic rings. The SMILES string of the molecule is CC1(C)CC(=O)N(CCC(C)(N)C(=O)O)C1=O. The Hall–Kier alpha value is -1.43. The van der Waals surface area contributed by atoms with Gasteiger partial charge >= 0.3 is 5.97 Å². The van der Waals surface area contributed by atoms with E-state index in [2.05, 4.69) is 0 Å². The first kappa shape index (κ1) is 13.6. The van der Waals surface area contributed by atoms with Crippen molar-refractivity contribution >= 4 is 17.8 Å². The van der Waals surface area contributed by atoms with Crippen molar-refractivity contribution in [3.05, 3.63) is 0 Å². The standard InChI is InChI=1S/C11H18N2O4/c1-10(2)6-7(14)13(8(10)15)5-4-11(3,12)9(16)17/h4-6,12H2,1-3H3,(H,16,17). The average molecular weight is 242 g/mol. The van der Waals surface area contributed by atoms with Crippen LogP contribution in [0.5, 0.6) is 0 Å². The average Bonchev–Trinajstić information content (AvgIpc) is 2.34. The highest BCUT2D eigenvalue weighted by Gasteiger charge is 2.45. The summed E-state index contributed by atoms with van der Waals surface area (Å²) in [6.45, 7) is 4.82. The molecule has 1 heterocycles. The number of nitrogens with zero attached hydrogens (tertiary/aromatic N) is 1. The van der Waals surface area contributed by atoms with E-state index < -0.39 is 16.9 Å². The maximum absolute atomic E-state index is 11.8. The fourth-order valence-electron chi connectivity index (χ4n) is 1.70. The molecule has 1 atom stereocenters. The third kappa shape index (κ3) is 2.63. The number of imide groups is 1. The molecule has 17 heavy (non-hydrogen) atoms. The zero-order chi connectivity index (χ0) is 13.4. The van der Waals surface area contributed by atoms with E-state index in [1.54, 1.807) is 13.8 Å². The zero-order valence-corrected chi connectivity index (χ0v) is 10.3. The molecular weight excluding hydrogens is 224 g/mol. The predicted octanol–water partition coefficient (Wildman–Crippen LogP) is -0.0364. The predicted molar refractivity (Wildman–Crippen MR) is 60.0 cm³/mol. The van der Waals surface area contributed by atoms with E-state index in [-0.39, 0.29) is 31.2 Å². The first-order valence-corrected chi connectivity index (χ1v) is 5.45. The van der Waals surface area contributed by atoms with Crippen molar-refractivity contribution in [2.75, 3.05) is 6.54 Å². The molecule has 2 amide bonds. The van der Waals surface area contributed by atoms with Crippen molar-refractivity contribution in [1.82, 2.24) is 4.90 Å². The molecule has 6 nitrogen and oxygen atoms in total. The highest BCUT2D eigenvalue weighted by molar-refractivity contribution is 6.05. The number of carbonyl (C=O) groups is 3. The van der Waals surface area contributed by atoms with Gasteiger partial charge in [0.2, 0.25) is 11.8 Å². The maximum atomic E-state index is 11.8. The molecule has 0 aliphatic carbocycles. The summed E-state index contributed by atoms with van der Waals surface area (Å²) in [6, 6.07) is 0. The van der Waals surface area contributed by atoms with Crippen molar-refractivity contribution in [3.8, 4) is 0 Å². The summed E-state index contributed by atoms with van der Waals surface area (Å²) < 4.78 is 0. The molecule has 0 saturated carbocycles. The van der Waals surface area contributed by atoms with Gasteiger partial charge in [-0.05, 0) is 13.3 Å². The summed E-state index contributed by atoms with van der Waals surface area (Å²) >= 11 is 0. The van der Waals surface area contributed by atoms with E-state index in [0.29, 0.717) is 0 Å². The quantitative estimate of drug-likeness (QED) is 0.674. The van der Waals surface area contributed by atoms with Crippen molar-refractivity contribution in [1.29, 1.82) is 0 Å². The monoisotopic (exact) mass is 242 g/mol. The lowest BCUT2D eigenvalue weighted by Crippen LogP contribution is -2.48. The van der Waals surface area contributed by atoms with Gasteiger partial charge in [0.15, 0.2) is 0 Å². The van der Waals surface area contributed by atoms with E-state index in [0.717, 1.165) is 4.90 Å². The number of hydrogen-bond acceptors (Lipinski definition) is 4. The van der Waals surface area contributed by atoms with Crippen LogP contribution >= 0.6 is 0 Å². The Morgan fingerprint density at radius 3 is 2.41 bits per heavy atom. The molecule has 1 fully saturated rings. The minimum Gasteiger partial charge on any atom is -0.480 e. The fraction of sp³-hybridized carbons (Fsp3) is 0.727. The van der Waals surface area contributed by atoms with Crippen molar-refractivity contribution < 1.29 is 19.5 Å².